The number of nitrogens with two attached hydrogens (primary N) is 1. The van der Waals surface area contributed by atoms with E-state index in [1.165, 1.54) is 0 Å². The SMILES string of the molecule is C=C(C)C(=O)Nc1ccc(-c2c(C3=CC[C@H](C(=O)N4CCCC4)CC3)c(C(=N)C(C)C)c(N)n2C)c(C)c1. The Hall–Kier alpha value is -3.61. The van der Waals surface area contributed by atoms with E-state index < -0.39 is 0 Å². The largest absolute Gasteiger partial charge is 0.385 e. The molecule has 7 heteroatoms. The van der Waals surface area contributed by atoms with E-state index in [0.29, 0.717) is 29.2 Å². The fourth-order valence-electron chi connectivity index (χ4n) is 5.62. The monoisotopic (exact) mass is 515 g/mol. The molecule has 4 rings (SSSR count). The molecule has 202 valence electrons. The first-order chi connectivity index (χ1) is 18.0. The molecule has 1 aliphatic heterocycles. The number of nitrogens with zero attached hydrogens (tertiary/aromatic N) is 2. The predicted molar refractivity (Wildman–Crippen MR) is 156 cm³/mol. The number of nitrogen functional groups attached to an aromatic ring is 1. The highest BCUT2D eigenvalue weighted by Gasteiger charge is 2.32. The summed E-state index contributed by atoms with van der Waals surface area (Å²) in [6.07, 6.45) is 6.68. The molecule has 1 saturated heterocycles. The molecule has 0 bridgehead atoms. The summed E-state index contributed by atoms with van der Waals surface area (Å²) in [5.74, 6) is 0.681. The third-order valence-corrected chi connectivity index (χ3v) is 7.91. The van der Waals surface area contributed by atoms with E-state index in [1.807, 2.05) is 55.5 Å². The number of amides is 2. The number of hydrogen-bond acceptors (Lipinski definition) is 4. The van der Waals surface area contributed by atoms with Crippen LogP contribution in [0.4, 0.5) is 11.5 Å². The minimum atomic E-state index is -0.209. The maximum atomic E-state index is 13.1. The Balaban J connectivity index is 1.77. The standard InChI is InChI=1S/C31H41N5O2/c1-18(2)27(32)26-25(21-9-11-22(12-10-21)31(38)36-15-7-8-16-36)28(35(6)29(26)33)24-14-13-23(17-20(24)5)34-30(37)19(3)4/h9,13-14,17-18,22,32H,3,7-8,10-12,15-16,33H2,1-2,4-6H3,(H,34,37)/t22-/m0/s1. The number of nitrogens with one attached hydrogen (secondary N) is 2. The molecule has 0 radical (unpaired) electrons. The molecule has 0 spiro atoms. The van der Waals surface area contributed by atoms with Gasteiger partial charge in [-0.25, -0.2) is 0 Å². The van der Waals surface area contributed by atoms with E-state index in [0.717, 1.165) is 72.3 Å². The minimum Gasteiger partial charge on any atom is -0.385 e. The Morgan fingerprint density at radius 1 is 1.21 bits per heavy atom. The highest BCUT2D eigenvalue weighted by molar-refractivity contribution is 6.10. The molecule has 0 unspecified atom stereocenters. The lowest BCUT2D eigenvalue weighted by atomic mass is 9.82. The number of rotatable bonds is 7. The van der Waals surface area contributed by atoms with Gasteiger partial charge in [0.05, 0.1) is 5.69 Å². The second-order valence-electron chi connectivity index (χ2n) is 11.1. The molecule has 1 atom stereocenters. The summed E-state index contributed by atoms with van der Waals surface area (Å²) in [5, 5.41) is 11.8. The van der Waals surface area contributed by atoms with E-state index in [-0.39, 0.29) is 23.7 Å². The molecule has 2 amide bonds. The Kier molecular flexibility index (Phi) is 7.95. The van der Waals surface area contributed by atoms with Crippen molar-refractivity contribution in [2.24, 2.45) is 18.9 Å². The highest BCUT2D eigenvalue weighted by atomic mass is 16.2. The molecular weight excluding hydrogens is 474 g/mol. The van der Waals surface area contributed by atoms with Gasteiger partial charge < -0.3 is 25.9 Å². The molecule has 38 heavy (non-hydrogen) atoms. The van der Waals surface area contributed by atoms with Crippen LogP contribution >= 0.6 is 0 Å². The van der Waals surface area contributed by atoms with Crippen LogP contribution in [0.1, 0.15) is 69.6 Å². The zero-order valence-electron chi connectivity index (χ0n) is 23.4. The Morgan fingerprint density at radius 3 is 2.45 bits per heavy atom. The van der Waals surface area contributed by atoms with Gasteiger partial charge in [0.2, 0.25) is 5.91 Å². The first-order valence-electron chi connectivity index (χ1n) is 13.6. The van der Waals surface area contributed by atoms with Crippen LogP contribution in [0.3, 0.4) is 0 Å². The van der Waals surface area contributed by atoms with Gasteiger partial charge in [0.1, 0.15) is 5.82 Å². The van der Waals surface area contributed by atoms with Crippen LogP contribution in [0.5, 0.6) is 0 Å². The van der Waals surface area contributed by atoms with E-state index in [4.69, 9.17) is 11.1 Å². The zero-order chi connectivity index (χ0) is 27.7. The maximum absolute atomic E-state index is 13.1. The summed E-state index contributed by atoms with van der Waals surface area (Å²) < 4.78 is 1.98. The van der Waals surface area contributed by atoms with Crippen LogP contribution in [0.25, 0.3) is 16.8 Å². The maximum Gasteiger partial charge on any atom is 0.250 e. The van der Waals surface area contributed by atoms with Crippen molar-refractivity contribution in [1.82, 2.24) is 9.47 Å². The lowest BCUT2D eigenvalue weighted by Gasteiger charge is -2.27. The fourth-order valence-corrected chi connectivity index (χ4v) is 5.62. The van der Waals surface area contributed by atoms with Crippen molar-refractivity contribution in [2.45, 2.75) is 59.8 Å². The average Bonchev–Trinajstić information content (AvgIpc) is 3.51. The topological polar surface area (TPSA) is 104 Å². The average molecular weight is 516 g/mol. The third kappa shape index (κ3) is 5.19. The molecular formula is C31H41N5O2. The molecule has 4 N–H and O–H groups in total. The van der Waals surface area contributed by atoms with Gasteiger partial charge in [-0.05, 0) is 75.1 Å². The number of aryl methyl sites for hydroxylation is 1. The number of benzene rings is 1. The second-order valence-corrected chi connectivity index (χ2v) is 11.1. The van der Waals surface area contributed by atoms with Gasteiger partial charge in [0, 0.05) is 59.7 Å². The van der Waals surface area contributed by atoms with E-state index in [1.54, 1.807) is 6.92 Å². The van der Waals surface area contributed by atoms with Gasteiger partial charge in [-0.15, -0.1) is 0 Å². The third-order valence-electron chi connectivity index (χ3n) is 7.91. The van der Waals surface area contributed by atoms with Crippen LogP contribution in [0, 0.1) is 24.2 Å². The number of allylic oxidation sites excluding steroid dienone is 2. The van der Waals surface area contributed by atoms with E-state index in [9.17, 15) is 9.59 Å². The minimum absolute atomic E-state index is 0.0146. The van der Waals surface area contributed by atoms with Gasteiger partial charge in [0.15, 0.2) is 0 Å². The van der Waals surface area contributed by atoms with Gasteiger partial charge in [-0.3, -0.25) is 9.59 Å². The molecule has 1 aromatic carbocycles. The van der Waals surface area contributed by atoms with Crippen LogP contribution in [-0.2, 0) is 16.6 Å². The quantitative estimate of drug-likeness (QED) is 0.315. The number of anilines is 2. The lowest BCUT2D eigenvalue weighted by Crippen LogP contribution is -2.34. The van der Waals surface area contributed by atoms with Gasteiger partial charge >= 0.3 is 0 Å². The van der Waals surface area contributed by atoms with Crippen molar-refractivity contribution in [3.8, 4) is 11.3 Å². The van der Waals surface area contributed by atoms with Gasteiger partial charge in [-0.2, -0.15) is 0 Å². The van der Waals surface area contributed by atoms with E-state index >= 15 is 0 Å². The van der Waals surface area contributed by atoms with Crippen LogP contribution in [0.15, 0.2) is 36.4 Å². The number of carbonyl (C=O) groups excluding carboxylic acids is 2. The zero-order valence-corrected chi connectivity index (χ0v) is 23.4. The van der Waals surface area contributed by atoms with Gasteiger partial charge in [-0.1, -0.05) is 32.6 Å². The number of carbonyl (C=O) groups is 2. The number of aromatic nitrogens is 1. The van der Waals surface area contributed by atoms with Crippen molar-refractivity contribution in [3.63, 3.8) is 0 Å². The smallest absolute Gasteiger partial charge is 0.250 e. The summed E-state index contributed by atoms with van der Waals surface area (Å²) >= 11 is 0. The molecule has 7 nitrogen and oxygen atoms in total. The lowest BCUT2D eigenvalue weighted by molar-refractivity contribution is -0.134. The Labute approximate surface area is 226 Å². The molecule has 1 aliphatic carbocycles. The normalized spacial score (nSPS) is 17.5. The predicted octanol–water partition coefficient (Wildman–Crippen LogP) is 5.93. The van der Waals surface area contributed by atoms with Gasteiger partial charge in [0.25, 0.3) is 5.91 Å². The molecule has 0 saturated carbocycles. The highest BCUT2D eigenvalue weighted by Crippen LogP contribution is 2.44. The van der Waals surface area contributed by atoms with Crippen molar-refractivity contribution in [1.29, 1.82) is 5.41 Å². The molecule has 2 aliphatic rings. The van der Waals surface area contributed by atoms with Crippen molar-refractivity contribution in [2.75, 3.05) is 24.1 Å². The number of hydrogen-bond donors (Lipinski definition) is 3. The van der Waals surface area contributed by atoms with Crippen LogP contribution < -0.4 is 11.1 Å². The second kappa shape index (κ2) is 11.0. The first-order valence-corrected chi connectivity index (χ1v) is 13.6. The molecule has 2 heterocycles. The number of likely N-dealkylation sites (tertiary alicyclic amines) is 1. The summed E-state index contributed by atoms with van der Waals surface area (Å²) in [7, 11) is 1.95. The van der Waals surface area contributed by atoms with Crippen molar-refractivity contribution in [3.05, 3.63) is 53.1 Å². The van der Waals surface area contributed by atoms with Crippen molar-refractivity contribution < 1.29 is 9.59 Å². The molecule has 1 fully saturated rings. The summed E-state index contributed by atoms with van der Waals surface area (Å²) in [5.41, 5.74) is 14.3. The summed E-state index contributed by atoms with van der Waals surface area (Å²) in [6, 6.07) is 5.85. The summed E-state index contributed by atoms with van der Waals surface area (Å²) in [6.45, 7) is 13.2. The Morgan fingerprint density at radius 2 is 1.89 bits per heavy atom. The van der Waals surface area contributed by atoms with E-state index in [2.05, 4.69) is 18.0 Å². The molecule has 2 aromatic rings. The fraction of sp³-hybridized carbons (Fsp3) is 0.452. The van der Waals surface area contributed by atoms with Crippen LogP contribution in [-0.4, -0.2) is 40.1 Å². The first kappa shape index (κ1) is 27.4. The summed E-state index contributed by atoms with van der Waals surface area (Å²) in [4.78, 5) is 27.2. The Bertz CT molecular complexity index is 1320. The molecule has 1 aromatic heterocycles. The van der Waals surface area contributed by atoms with Crippen LogP contribution in [0.2, 0.25) is 0 Å². The van der Waals surface area contributed by atoms with Crippen molar-refractivity contribution >= 4 is 34.6 Å².